The van der Waals surface area contributed by atoms with Crippen molar-refractivity contribution < 1.29 is 40.2 Å². The van der Waals surface area contributed by atoms with Crippen LogP contribution >= 0.6 is 23.2 Å². The lowest BCUT2D eigenvalue weighted by Gasteiger charge is -2.15. The molecule has 2 aromatic rings. The van der Waals surface area contributed by atoms with Crippen LogP contribution in [-0.2, 0) is 16.3 Å². The fraction of sp³-hybridized carbons (Fsp3) is 0.0769. The number of ether oxygens (including phenoxy) is 1. The van der Waals surface area contributed by atoms with Crippen LogP contribution in [0.5, 0.6) is 11.5 Å². The lowest BCUT2D eigenvalue weighted by Crippen LogP contribution is -2.09. The first-order valence-electron chi connectivity index (χ1n) is 6.42. The number of alkyl halides is 3. The van der Waals surface area contributed by atoms with E-state index in [1.807, 2.05) is 0 Å². The van der Waals surface area contributed by atoms with E-state index in [0.29, 0.717) is 12.1 Å². The molecule has 2 aromatic carbocycles. The number of nitro groups is 1. The molecule has 0 heterocycles. The largest absolute Gasteiger partial charge is 0.454 e. The van der Waals surface area contributed by atoms with Crippen molar-refractivity contribution in [3.8, 4) is 11.5 Å². The average molecular weight is 450 g/mol. The lowest BCUT2D eigenvalue weighted by molar-refractivity contribution is -0.387. The molecular formula is C13H5Cl2F4NO6S. The second-order valence-electron chi connectivity index (χ2n) is 4.82. The van der Waals surface area contributed by atoms with E-state index in [1.165, 1.54) is 0 Å². The van der Waals surface area contributed by atoms with Gasteiger partial charge in [0.25, 0.3) is 5.69 Å². The number of nitrogens with zero attached hydrogens (tertiary/aromatic N) is 1. The summed E-state index contributed by atoms with van der Waals surface area (Å²) in [5.41, 5.74) is -2.76. The van der Waals surface area contributed by atoms with Crippen LogP contribution in [0.3, 0.4) is 0 Å². The molecule has 0 fully saturated rings. The van der Waals surface area contributed by atoms with E-state index in [-0.39, 0.29) is 6.07 Å². The third kappa shape index (κ3) is 4.40. The maximum atomic E-state index is 13.9. The summed E-state index contributed by atoms with van der Waals surface area (Å²) in [7, 11) is -5.06. The summed E-state index contributed by atoms with van der Waals surface area (Å²) in [6, 6.07) is 2.18. The predicted molar refractivity (Wildman–Crippen MR) is 84.4 cm³/mol. The Morgan fingerprint density at radius 3 is 2.26 bits per heavy atom. The lowest BCUT2D eigenvalue weighted by atomic mass is 10.2. The molecule has 0 aliphatic heterocycles. The van der Waals surface area contributed by atoms with Gasteiger partial charge in [0.15, 0.2) is 16.5 Å². The molecule has 2 rings (SSSR count). The van der Waals surface area contributed by atoms with Crippen LogP contribution in [-0.4, -0.2) is 17.9 Å². The Morgan fingerprint density at radius 2 is 1.78 bits per heavy atom. The van der Waals surface area contributed by atoms with Crippen LogP contribution < -0.4 is 4.74 Å². The Bertz CT molecular complexity index is 1040. The fourth-order valence-corrected chi connectivity index (χ4v) is 3.12. The highest BCUT2D eigenvalue weighted by Gasteiger charge is 2.37. The van der Waals surface area contributed by atoms with E-state index in [1.54, 1.807) is 0 Å². The Balaban J connectivity index is 2.59. The van der Waals surface area contributed by atoms with Crippen molar-refractivity contribution in [1.82, 2.24) is 0 Å². The number of hydrogen-bond acceptors (Lipinski definition) is 5. The molecule has 0 saturated heterocycles. The average Bonchev–Trinajstić information content (AvgIpc) is 2.52. The van der Waals surface area contributed by atoms with Crippen LogP contribution in [0.25, 0.3) is 0 Å². The summed E-state index contributed by atoms with van der Waals surface area (Å²) < 4.78 is 88.6. The standard InChI is InChI=1S/C13H5Cl2F4NO6S/c14-7-4-6(13(17,18)19)11(16)10(15)12(7)26-5-1-2-8(20(21)22)9(3-5)27(23,24)25/h1-4H,(H,23,24,25). The molecule has 0 aromatic heterocycles. The zero-order chi connectivity index (χ0) is 20.7. The molecule has 0 aliphatic rings. The first-order valence-corrected chi connectivity index (χ1v) is 8.61. The Kier molecular flexibility index (Phi) is 5.57. The van der Waals surface area contributed by atoms with Gasteiger partial charge in [0, 0.05) is 12.1 Å². The van der Waals surface area contributed by atoms with Gasteiger partial charge >= 0.3 is 16.3 Å². The van der Waals surface area contributed by atoms with Crippen molar-refractivity contribution in [3.63, 3.8) is 0 Å². The van der Waals surface area contributed by atoms with Gasteiger partial charge in [0.1, 0.15) is 10.8 Å². The van der Waals surface area contributed by atoms with Gasteiger partial charge in [0.2, 0.25) is 0 Å². The maximum absolute atomic E-state index is 13.9. The minimum atomic E-state index is -5.10. The Hall–Kier alpha value is -2.15. The first-order chi connectivity index (χ1) is 12.2. The van der Waals surface area contributed by atoms with Gasteiger partial charge in [-0.05, 0) is 12.1 Å². The van der Waals surface area contributed by atoms with Crippen molar-refractivity contribution in [2.75, 3.05) is 0 Å². The molecule has 1 N–H and O–H groups in total. The molecule has 14 heteroatoms. The Morgan fingerprint density at radius 1 is 1.19 bits per heavy atom. The molecule has 0 spiro atoms. The number of hydrogen-bond donors (Lipinski definition) is 1. The second kappa shape index (κ2) is 7.11. The number of nitro benzene ring substituents is 1. The van der Waals surface area contributed by atoms with Gasteiger partial charge in [-0.15, -0.1) is 0 Å². The van der Waals surface area contributed by atoms with Crippen LogP contribution in [0.1, 0.15) is 5.56 Å². The molecule has 0 radical (unpaired) electrons. The summed E-state index contributed by atoms with van der Waals surface area (Å²) in [5, 5.41) is 8.90. The molecule has 0 bridgehead atoms. The van der Waals surface area contributed by atoms with Gasteiger partial charge in [-0.2, -0.15) is 21.6 Å². The second-order valence-corrected chi connectivity index (χ2v) is 7.00. The molecule has 0 unspecified atom stereocenters. The molecular weight excluding hydrogens is 445 g/mol. The highest BCUT2D eigenvalue weighted by Crippen LogP contribution is 2.44. The van der Waals surface area contributed by atoms with E-state index in [4.69, 9.17) is 32.5 Å². The number of rotatable bonds is 4. The van der Waals surface area contributed by atoms with Gasteiger partial charge in [-0.1, -0.05) is 23.2 Å². The third-order valence-electron chi connectivity index (χ3n) is 3.05. The minimum Gasteiger partial charge on any atom is -0.454 e. The van der Waals surface area contributed by atoms with E-state index in [0.717, 1.165) is 6.07 Å². The van der Waals surface area contributed by atoms with Gasteiger partial charge in [-0.3, -0.25) is 14.7 Å². The van der Waals surface area contributed by atoms with E-state index in [2.05, 4.69) is 0 Å². The van der Waals surface area contributed by atoms with Crippen LogP contribution in [0, 0.1) is 15.9 Å². The van der Waals surface area contributed by atoms with E-state index >= 15 is 0 Å². The number of benzene rings is 2. The van der Waals surface area contributed by atoms with Crippen molar-refractivity contribution in [2.45, 2.75) is 11.1 Å². The van der Waals surface area contributed by atoms with E-state index in [9.17, 15) is 36.1 Å². The van der Waals surface area contributed by atoms with Crippen LogP contribution in [0.15, 0.2) is 29.2 Å². The topological polar surface area (TPSA) is 107 Å². The molecule has 0 atom stereocenters. The molecule has 7 nitrogen and oxygen atoms in total. The molecule has 0 amide bonds. The molecule has 0 aliphatic carbocycles. The molecule has 146 valence electrons. The summed E-state index contributed by atoms with van der Waals surface area (Å²) in [5.74, 6) is -3.21. The summed E-state index contributed by atoms with van der Waals surface area (Å²) in [4.78, 5) is 8.54. The highest BCUT2D eigenvalue weighted by atomic mass is 35.5. The van der Waals surface area contributed by atoms with Crippen LogP contribution in [0.2, 0.25) is 10.0 Å². The molecule has 0 saturated carbocycles. The van der Waals surface area contributed by atoms with Gasteiger partial charge < -0.3 is 4.74 Å². The van der Waals surface area contributed by atoms with Gasteiger partial charge in [-0.25, -0.2) is 4.39 Å². The zero-order valence-electron chi connectivity index (χ0n) is 12.4. The quantitative estimate of drug-likeness (QED) is 0.229. The first kappa shape index (κ1) is 21.2. The molecule has 27 heavy (non-hydrogen) atoms. The van der Waals surface area contributed by atoms with Crippen molar-refractivity contribution in [1.29, 1.82) is 0 Å². The van der Waals surface area contributed by atoms with Gasteiger partial charge in [0.05, 0.1) is 15.5 Å². The third-order valence-corrected chi connectivity index (χ3v) is 4.55. The normalized spacial score (nSPS) is 12.1. The smallest absolute Gasteiger partial charge is 0.419 e. The summed E-state index contributed by atoms with van der Waals surface area (Å²) in [6.45, 7) is 0. The van der Waals surface area contributed by atoms with Crippen LogP contribution in [0.4, 0.5) is 23.2 Å². The summed E-state index contributed by atoms with van der Waals surface area (Å²) >= 11 is 11.1. The summed E-state index contributed by atoms with van der Waals surface area (Å²) in [6.07, 6.45) is -5.10. The van der Waals surface area contributed by atoms with Crippen molar-refractivity contribution in [2.24, 2.45) is 0 Å². The zero-order valence-corrected chi connectivity index (χ0v) is 14.7. The number of halogens is 6. The minimum absolute atomic E-state index is 0.202. The van der Waals surface area contributed by atoms with Crippen molar-refractivity contribution >= 4 is 39.0 Å². The maximum Gasteiger partial charge on any atom is 0.419 e. The fourth-order valence-electron chi connectivity index (χ4n) is 1.91. The Labute approximate surface area is 158 Å². The highest BCUT2D eigenvalue weighted by molar-refractivity contribution is 7.86. The van der Waals surface area contributed by atoms with Crippen molar-refractivity contribution in [3.05, 3.63) is 55.8 Å². The van der Waals surface area contributed by atoms with E-state index < -0.39 is 64.7 Å². The monoisotopic (exact) mass is 449 g/mol. The SMILES string of the molecule is O=[N+]([O-])c1ccc(Oc2c(Cl)cc(C(F)(F)F)c(F)c2Cl)cc1S(=O)(=O)O. The predicted octanol–water partition coefficient (Wildman–Crippen LogP) is 5.10.